The van der Waals surface area contributed by atoms with Crippen LogP contribution < -0.4 is 5.32 Å². The van der Waals surface area contributed by atoms with E-state index in [1.54, 1.807) is 30.7 Å². The molecule has 0 radical (unpaired) electrons. The van der Waals surface area contributed by atoms with Gasteiger partial charge in [0.05, 0.1) is 11.4 Å². The summed E-state index contributed by atoms with van der Waals surface area (Å²) in [5, 5.41) is 12.0. The standard InChI is InChI=1S/C13H19ClN2O3/c1-8(2)16-7-9(14)5-10(16)12(19)15-13(3,4)6-11(17)18/h5,7-8H,6H2,1-4H3,(H,15,19)(H,17,18). The van der Waals surface area contributed by atoms with Crippen molar-refractivity contribution in [3.05, 3.63) is 23.0 Å². The van der Waals surface area contributed by atoms with Gasteiger partial charge in [-0.1, -0.05) is 11.6 Å². The van der Waals surface area contributed by atoms with Gasteiger partial charge in [-0.15, -0.1) is 0 Å². The van der Waals surface area contributed by atoms with Gasteiger partial charge < -0.3 is 15.0 Å². The number of hydrogen-bond acceptors (Lipinski definition) is 2. The molecule has 6 heteroatoms. The minimum absolute atomic E-state index is 0.0934. The van der Waals surface area contributed by atoms with Gasteiger partial charge in [-0.3, -0.25) is 9.59 Å². The molecule has 5 nitrogen and oxygen atoms in total. The molecule has 1 rings (SSSR count). The van der Waals surface area contributed by atoms with E-state index in [4.69, 9.17) is 16.7 Å². The van der Waals surface area contributed by atoms with Crippen LogP contribution in [0.1, 0.15) is 50.6 Å². The molecular formula is C13H19ClN2O3. The highest BCUT2D eigenvalue weighted by Gasteiger charge is 2.26. The number of carboxylic acid groups (broad SMARTS) is 1. The molecule has 0 fully saturated rings. The number of carbonyl (C=O) groups is 2. The number of rotatable bonds is 5. The molecule has 0 bridgehead atoms. The lowest BCUT2D eigenvalue weighted by atomic mass is 10.0. The van der Waals surface area contributed by atoms with Crippen LogP contribution in [0.15, 0.2) is 12.3 Å². The van der Waals surface area contributed by atoms with Crippen molar-refractivity contribution < 1.29 is 14.7 Å². The smallest absolute Gasteiger partial charge is 0.305 e. The fraction of sp³-hybridized carbons (Fsp3) is 0.538. The lowest BCUT2D eigenvalue weighted by molar-refractivity contribution is -0.138. The number of hydrogen-bond donors (Lipinski definition) is 2. The molecule has 0 unspecified atom stereocenters. The van der Waals surface area contributed by atoms with Gasteiger partial charge in [-0.05, 0) is 33.8 Å². The highest BCUT2D eigenvalue weighted by molar-refractivity contribution is 6.31. The first-order chi connectivity index (χ1) is 8.62. The monoisotopic (exact) mass is 286 g/mol. The molecule has 2 N–H and O–H groups in total. The van der Waals surface area contributed by atoms with Gasteiger partial charge in [0.15, 0.2) is 0 Å². The summed E-state index contributed by atoms with van der Waals surface area (Å²) < 4.78 is 1.76. The fourth-order valence-electron chi connectivity index (χ4n) is 1.85. The van der Waals surface area contributed by atoms with E-state index in [1.807, 2.05) is 13.8 Å². The summed E-state index contributed by atoms with van der Waals surface area (Å²) in [4.78, 5) is 22.9. The van der Waals surface area contributed by atoms with E-state index >= 15 is 0 Å². The van der Waals surface area contributed by atoms with Crippen LogP contribution in [-0.2, 0) is 4.79 Å². The minimum atomic E-state index is -0.956. The van der Waals surface area contributed by atoms with Crippen LogP contribution >= 0.6 is 11.6 Å². The maximum Gasteiger partial charge on any atom is 0.305 e. The Bertz CT molecular complexity index is 492. The highest BCUT2D eigenvalue weighted by Crippen LogP contribution is 2.20. The Kier molecular flexibility index (Phi) is 4.63. The fourth-order valence-corrected chi connectivity index (χ4v) is 2.06. The lowest BCUT2D eigenvalue weighted by Gasteiger charge is -2.25. The van der Waals surface area contributed by atoms with E-state index in [2.05, 4.69) is 5.32 Å². The van der Waals surface area contributed by atoms with Crippen LogP contribution in [0, 0.1) is 0 Å². The van der Waals surface area contributed by atoms with Crippen molar-refractivity contribution in [1.82, 2.24) is 9.88 Å². The Morgan fingerprint density at radius 1 is 1.47 bits per heavy atom. The maximum absolute atomic E-state index is 12.2. The number of carbonyl (C=O) groups excluding carboxylic acids is 1. The van der Waals surface area contributed by atoms with E-state index in [1.165, 1.54) is 0 Å². The second kappa shape index (κ2) is 5.65. The zero-order valence-electron chi connectivity index (χ0n) is 11.5. The Hall–Kier alpha value is -1.49. The topological polar surface area (TPSA) is 71.3 Å². The zero-order valence-corrected chi connectivity index (χ0v) is 12.3. The molecule has 1 heterocycles. The molecule has 0 atom stereocenters. The van der Waals surface area contributed by atoms with Gasteiger partial charge >= 0.3 is 5.97 Å². The maximum atomic E-state index is 12.2. The van der Waals surface area contributed by atoms with Gasteiger partial charge in [0.2, 0.25) is 0 Å². The SMILES string of the molecule is CC(C)n1cc(Cl)cc1C(=O)NC(C)(C)CC(=O)O. The molecule has 0 aromatic carbocycles. The number of aliphatic carboxylic acids is 1. The van der Waals surface area contributed by atoms with E-state index in [-0.39, 0.29) is 18.4 Å². The summed E-state index contributed by atoms with van der Waals surface area (Å²) in [6.45, 7) is 7.22. The Labute approximate surface area is 117 Å². The van der Waals surface area contributed by atoms with E-state index < -0.39 is 11.5 Å². The quantitative estimate of drug-likeness (QED) is 0.874. The number of amides is 1. The molecule has 19 heavy (non-hydrogen) atoms. The van der Waals surface area contributed by atoms with Crippen LogP contribution in [0.3, 0.4) is 0 Å². The largest absolute Gasteiger partial charge is 0.481 e. The molecular weight excluding hydrogens is 268 g/mol. The first kappa shape index (κ1) is 15.6. The molecule has 0 spiro atoms. The molecule has 1 aromatic rings. The van der Waals surface area contributed by atoms with Crippen LogP contribution in [-0.4, -0.2) is 27.1 Å². The lowest BCUT2D eigenvalue weighted by Crippen LogP contribution is -2.45. The van der Waals surface area contributed by atoms with Gasteiger partial charge in [-0.25, -0.2) is 0 Å². The molecule has 0 aliphatic heterocycles. The molecule has 0 saturated carbocycles. The van der Waals surface area contributed by atoms with Crippen molar-refractivity contribution in [2.75, 3.05) is 0 Å². The van der Waals surface area contributed by atoms with Crippen molar-refractivity contribution in [1.29, 1.82) is 0 Å². The number of aromatic nitrogens is 1. The number of carboxylic acids is 1. The van der Waals surface area contributed by atoms with Gasteiger partial charge in [0.25, 0.3) is 5.91 Å². The second-order valence-electron chi connectivity index (χ2n) is 5.45. The summed E-state index contributed by atoms with van der Waals surface area (Å²) >= 11 is 5.91. The Morgan fingerprint density at radius 3 is 2.53 bits per heavy atom. The van der Waals surface area contributed by atoms with Crippen molar-refractivity contribution in [3.8, 4) is 0 Å². The Balaban J connectivity index is 2.92. The number of halogens is 1. The van der Waals surface area contributed by atoms with Gasteiger partial charge in [-0.2, -0.15) is 0 Å². The van der Waals surface area contributed by atoms with Crippen LogP contribution in [0.4, 0.5) is 0 Å². The summed E-state index contributed by atoms with van der Waals surface area (Å²) in [5.74, 6) is -1.28. The molecule has 0 saturated heterocycles. The molecule has 0 aliphatic carbocycles. The number of nitrogens with one attached hydrogen (secondary N) is 1. The van der Waals surface area contributed by atoms with Crippen molar-refractivity contribution in [2.24, 2.45) is 0 Å². The van der Waals surface area contributed by atoms with Crippen LogP contribution in [0.2, 0.25) is 5.02 Å². The average Bonchev–Trinajstić information content (AvgIpc) is 2.57. The predicted molar refractivity (Wildman–Crippen MR) is 73.6 cm³/mol. The molecule has 1 aromatic heterocycles. The third kappa shape index (κ3) is 4.28. The van der Waals surface area contributed by atoms with Crippen molar-refractivity contribution in [3.63, 3.8) is 0 Å². The first-order valence-corrected chi connectivity index (χ1v) is 6.42. The van der Waals surface area contributed by atoms with Gasteiger partial charge in [0.1, 0.15) is 5.69 Å². The average molecular weight is 287 g/mol. The third-order valence-electron chi connectivity index (χ3n) is 2.65. The van der Waals surface area contributed by atoms with E-state index in [9.17, 15) is 9.59 Å². The van der Waals surface area contributed by atoms with Crippen molar-refractivity contribution in [2.45, 2.75) is 45.7 Å². The predicted octanol–water partition coefficient (Wildman–Crippen LogP) is 2.71. The van der Waals surface area contributed by atoms with Crippen LogP contribution in [0.25, 0.3) is 0 Å². The summed E-state index contributed by atoms with van der Waals surface area (Å²) in [6, 6.07) is 1.67. The minimum Gasteiger partial charge on any atom is -0.481 e. The molecule has 1 amide bonds. The van der Waals surface area contributed by atoms with Crippen molar-refractivity contribution >= 4 is 23.5 Å². The molecule has 0 aliphatic rings. The first-order valence-electron chi connectivity index (χ1n) is 6.04. The van der Waals surface area contributed by atoms with E-state index in [0.717, 1.165) is 0 Å². The Morgan fingerprint density at radius 2 is 2.05 bits per heavy atom. The van der Waals surface area contributed by atoms with E-state index in [0.29, 0.717) is 10.7 Å². The second-order valence-corrected chi connectivity index (χ2v) is 5.89. The zero-order chi connectivity index (χ0) is 14.8. The van der Waals surface area contributed by atoms with Gasteiger partial charge in [0, 0.05) is 17.8 Å². The summed E-state index contributed by atoms with van der Waals surface area (Å²) in [6.07, 6.45) is 1.54. The number of nitrogens with zero attached hydrogens (tertiary/aromatic N) is 1. The summed E-state index contributed by atoms with van der Waals surface area (Å²) in [7, 11) is 0. The highest BCUT2D eigenvalue weighted by atomic mass is 35.5. The third-order valence-corrected chi connectivity index (χ3v) is 2.86. The molecule has 106 valence electrons. The van der Waals surface area contributed by atoms with Crippen LogP contribution in [0.5, 0.6) is 0 Å². The normalized spacial score (nSPS) is 11.7. The summed E-state index contributed by atoms with van der Waals surface area (Å²) in [5.41, 5.74) is -0.389.